The third-order valence-corrected chi connectivity index (χ3v) is 6.19. The van der Waals surface area contributed by atoms with Crippen molar-refractivity contribution in [1.29, 1.82) is 0 Å². The molecule has 1 unspecified atom stereocenters. The van der Waals surface area contributed by atoms with Crippen molar-refractivity contribution in [3.8, 4) is 12.3 Å². The Hall–Kier alpha value is -1.95. The summed E-state index contributed by atoms with van der Waals surface area (Å²) in [5, 5.41) is 20.4. The zero-order valence-corrected chi connectivity index (χ0v) is 16.6. The van der Waals surface area contributed by atoms with Gasteiger partial charge >= 0.3 is 15.6 Å². The van der Waals surface area contributed by atoms with Gasteiger partial charge in [0.15, 0.2) is 17.4 Å². The molecule has 1 aliphatic rings. The highest BCUT2D eigenvalue weighted by Crippen LogP contribution is 2.57. The standard InChI is InChI=1S/C13H16N4O11P2/c1-2-3-16-5-15-11-8(12(16)20)14-6-17(11)13-10(19)9(18)7(27-13)4-26-30(24,25)28-29(21,22)23/h1,5-7,9-10,13,18-19H,3-4H2,(H,24,25)(H2,21,22,23)/t7-,9-,10-,13-/m1/s1. The predicted molar refractivity (Wildman–Crippen MR) is 95.5 cm³/mol. The second-order valence-electron chi connectivity index (χ2n) is 6.09. The van der Waals surface area contributed by atoms with Crippen LogP contribution in [0.25, 0.3) is 11.2 Å². The number of aliphatic hydroxyl groups excluding tert-OH is 2. The monoisotopic (exact) mass is 466 g/mol. The van der Waals surface area contributed by atoms with Gasteiger partial charge in [0.2, 0.25) is 0 Å². The second-order valence-corrected chi connectivity index (χ2v) is 8.92. The van der Waals surface area contributed by atoms with E-state index < -0.39 is 52.4 Å². The lowest BCUT2D eigenvalue weighted by molar-refractivity contribution is -0.0503. The average Bonchev–Trinajstić information content (AvgIpc) is 3.17. The topological polar surface area (TPSA) is 216 Å². The maximum absolute atomic E-state index is 12.3. The Bertz CT molecular complexity index is 1130. The molecule has 30 heavy (non-hydrogen) atoms. The van der Waals surface area contributed by atoms with E-state index in [1.807, 2.05) is 0 Å². The van der Waals surface area contributed by atoms with Gasteiger partial charge in [0.1, 0.15) is 24.6 Å². The number of ether oxygens (including phenoxy) is 1. The van der Waals surface area contributed by atoms with Gasteiger partial charge in [-0.2, -0.15) is 4.31 Å². The molecule has 2 aromatic heterocycles. The number of phosphoric acid groups is 2. The van der Waals surface area contributed by atoms with E-state index in [1.165, 1.54) is 6.33 Å². The van der Waals surface area contributed by atoms with Crippen LogP contribution in [0.5, 0.6) is 0 Å². The molecule has 0 saturated carbocycles. The number of phosphoric ester groups is 1. The molecule has 164 valence electrons. The number of rotatable bonds is 7. The smallest absolute Gasteiger partial charge is 0.387 e. The first kappa shape index (κ1) is 22.7. The van der Waals surface area contributed by atoms with E-state index in [1.54, 1.807) is 0 Å². The van der Waals surface area contributed by atoms with Gasteiger partial charge in [-0.3, -0.25) is 18.5 Å². The van der Waals surface area contributed by atoms with Gasteiger partial charge in [0, 0.05) is 0 Å². The summed E-state index contributed by atoms with van der Waals surface area (Å²) in [4.78, 5) is 46.8. The van der Waals surface area contributed by atoms with E-state index in [0.717, 1.165) is 15.5 Å². The number of hydrogen-bond acceptors (Lipinski definition) is 10. The highest BCUT2D eigenvalue weighted by Gasteiger charge is 2.46. The summed E-state index contributed by atoms with van der Waals surface area (Å²) >= 11 is 0. The van der Waals surface area contributed by atoms with Crippen LogP contribution >= 0.6 is 15.6 Å². The fourth-order valence-corrected chi connectivity index (χ4v) is 4.36. The van der Waals surface area contributed by atoms with E-state index >= 15 is 0 Å². The molecule has 5 atom stereocenters. The normalized spacial score (nSPS) is 26.5. The molecule has 0 aliphatic carbocycles. The van der Waals surface area contributed by atoms with Gasteiger partial charge in [0.25, 0.3) is 5.56 Å². The van der Waals surface area contributed by atoms with Crippen molar-refractivity contribution in [3.63, 3.8) is 0 Å². The summed E-state index contributed by atoms with van der Waals surface area (Å²) in [5.74, 6) is 2.28. The predicted octanol–water partition coefficient (Wildman–Crippen LogP) is -1.93. The van der Waals surface area contributed by atoms with Crippen molar-refractivity contribution in [2.45, 2.75) is 31.1 Å². The summed E-state index contributed by atoms with van der Waals surface area (Å²) in [7, 11) is -10.5. The molecular formula is C13H16N4O11P2. The summed E-state index contributed by atoms with van der Waals surface area (Å²) in [6, 6.07) is 0. The molecule has 3 rings (SSSR count). The van der Waals surface area contributed by atoms with Crippen LogP contribution in [-0.4, -0.2) is 68.9 Å². The van der Waals surface area contributed by atoms with Crippen molar-refractivity contribution in [2.75, 3.05) is 6.61 Å². The van der Waals surface area contributed by atoms with E-state index in [9.17, 15) is 29.0 Å². The molecule has 2 aromatic rings. The SMILES string of the molecule is C#CCn1cnc2c(ncn2[C@@H]2O[C@H](COP(=O)(O)OP(=O)(O)O)[C@@H](O)[C@H]2O)c1=O. The Balaban J connectivity index is 1.80. The van der Waals surface area contributed by atoms with Crippen LogP contribution < -0.4 is 5.56 Å². The summed E-state index contributed by atoms with van der Waals surface area (Å²) in [6.45, 7) is -0.898. The van der Waals surface area contributed by atoms with Crippen LogP contribution in [0.3, 0.4) is 0 Å². The third-order valence-electron chi connectivity index (χ3n) is 4.03. The second kappa shape index (κ2) is 8.29. The largest absolute Gasteiger partial charge is 0.481 e. The maximum atomic E-state index is 12.3. The van der Waals surface area contributed by atoms with Crippen molar-refractivity contribution in [1.82, 2.24) is 19.1 Å². The Kier molecular flexibility index (Phi) is 6.28. The minimum absolute atomic E-state index is 0.0174. The van der Waals surface area contributed by atoms with E-state index in [4.69, 9.17) is 20.9 Å². The lowest BCUT2D eigenvalue weighted by Gasteiger charge is -2.17. The van der Waals surface area contributed by atoms with Gasteiger partial charge in [-0.15, -0.1) is 6.42 Å². The zero-order valence-electron chi connectivity index (χ0n) is 14.8. The number of imidazole rings is 1. The Morgan fingerprint density at radius 1 is 1.20 bits per heavy atom. The van der Waals surface area contributed by atoms with Crippen LogP contribution in [0.2, 0.25) is 0 Å². The summed E-state index contributed by atoms with van der Waals surface area (Å²) < 4.78 is 37.9. The van der Waals surface area contributed by atoms with Gasteiger partial charge in [-0.25, -0.2) is 19.1 Å². The lowest BCUT2D eigenvalue weighted by Crippen LogP contribution is -2.33. The number of aliphatic hydroxyl groups is 2. The highest BCUT2D eigenvalue weighted by molar-refractivity contribution is 7.60. The Labute approximate surface area is 167 Å². The van der Waals surface area contributed by atoms with Crippen LogP contribution in [0.4, 0.5) is 0 Å². The van der Waals surface area contributed by atoms with Crippen LogP contribution in [0.1, 0.15) is 6.23 Å². The van der Waals surface area contributed by atoms with Crippen molar-refractivity contribution in [3.05, 3.63) is 23.0 Å². The van der Waals surface area contributed by atoms with Crippen LogP contribution in [0.15, 0.2) is 17.4 Å². The van der Waals surface area contributed by atoms with E-state index in [0.29, 0.717) is 0 Å². The van der Waals surface area contributed by atoms with Crippen LogP contribution in [-0.2, 0) is 29.2 Å². The zero-order chi connectivity index (χ0) is 22.3. The Morgan fingerprint density at radius 2 is 1.90 bits per heavy atom. The molecule has 0 bridgehead atoms. The van der Waals surface area contributed by atoms with Gasteiger partial charge in [-0.05, 0) is 0 Å². The van der Waals surface area contributed by atoms with Gasteiger partial charge in [-0.1, -0.05) is 5.92 Å². The first-order chi connectivity index (χ1) is 13.9. The fraction of sp³-hybridized carbons (Fsp3) is 0.462. The highest BCUT2D eigenvalue weighted by atomic mass is 31.3. The van der Waals surface area contributed by atoms with E-state index in [2.05, 4.69) is 24.7 Å². The number of fused-ring (bicyclic) bond motifs is 1. The molecule has 0 radical (unpaired) electrons. The molecule has 3 heterocycles. The Morgan fingerprint density at radius 3 is 2.53 bits per heavy atom. The minimum atomic E-state index is -5.32. The molecule has 17 heteroatoms. The molecule has 1 fully saturated rings. The molecule has 5 N–H and O–H groups in total. The van der Waals surface area contributed by atoms with E-state index in [-0.39, 0.29) is 17.7 Å². The number of nitrogens with zero attached hydrogens (tertiary/aromatic N) is 4. The molecule has 15 nitrogen and oxygen atoms in total. The molecule has 0 amide bonds. The quantitative estimate of drug-likeness (QED) is 0.222. The number of terminal acetylenes is 1. The van der Waals surface area contributed by atoms with Gasteiger partial charge in [0.05, 0.1) is 19.5 Å². The fourth-order valence-electron chi connectivity index (χ4n) is 2.77. The number of aromatic nitrogens is 4. The summed E-state index contributed by atoms with van der Waals surface area (Å²) in [6.07, 6.45) is 1.54. The van der Waals surface area contributed by atoms with Crippen molar-refractivity contribution < 1.29 is 47.6 Å². The summed E-state index contributed by atoms with van der Waals surface area (Å²) in [5.41, 5.74) is -0.600. The van der Waals surface area contributed by atoms with Gasteiger partial charge < -0.3 is 29.6 Å². The molecular weight excluding hydrogens is 450 g/mol. The first-order valence-electron chi connectivity index (χ1n) is 8.05. The molecule has 0 aromatic carbocycles. The number of hydrogen-bond donors (Lipinski definition) is 5. The lowest BCUT2D eigenvalue weighted by atomic mass is 10.1. The van der Waals surface area contributed by atoms with Crippen molar-refractivity contribution >= 4 is 26.8 Å². The molecule has 1 aliphatic heterocycles. The van der Waals surface area contributed by atoms with Crippen LogP contribution in [0, 0.1) is 12.3 Å². The minimum Gasteiger partial charge on any atom is -0.387 e. The first-order valence-corrected chi connectivity index (χ1v) is 11.1. The molecule has 1 saturated heterocycles. The molecule has 0 spiro atoms. The average molecular weight is 466 g/mol. The third kappa shape index (κ3) is 4.69. The van der Waals surface area contributed by atoms with Crippen molar-refractivity contribution in [2.24, 2.45) is 0 Å². The maximum Gasteiger partial charge on any atom is 0.481 e.